The minimum absolute atomic E-state index is 0.0513. The van der Waals surface area contributed by atoms with Gasteiger partial charge in [0, 0.05) is 18.8 Å². The second-order valence-corrected chi connectivity index (χ2v) is 19.1. The SMILES string of the molecule is CC[C@H]1CC[C@H]2[C@H](CNC(=O)O)[C@@H]([C@@]3(C)Cc4cn[nH]c4C[C@@H]3CO[Si](C)(C)C(C)(C)C)CC[C@]12C. The third kappa shape index (κ3) is 4.79. The highest BCUT2D eigenvalue weighted by Gasteiger charge is 2.58. The molecule has 1 heterocycles. The summed E-state index contributed by atoms with van der Waals surface area (Å²) in [6.07, 6.45) is 9.28. The van der Waals surface area contributed by atoms with Crippen LogP contribution in [0, 0.1) is 40.4 Å². The van der Waals surface area contributed by atoms with E-state index in [-0.39, 0.29) is 10.5 Å². The van der Waals surface area contributed by atoms with Crippen molar-refractivity contribution in [2.75, 3.05) is 13.2 Å². The summed E-state index contributed by atoms with van der Waals surface area (Å²) in [6.45, 7) is 20.3. The summed E-state index contributed by atoms with van der Waals surface area (Å²) in [5.41, 5.74) is 2.99. The Bertz CT molecular complexity index is 940. The minimum Gasteiger partial charge on any atom is -0.465 e. The van der Waals surface area contributed by atoms with Gasteiger partial charge in [-0.15, -0.1) is 0 Å². The van der Waals surface area contributed by atoms with Crippen molar-refractivity contribution in [1.29, 1.82) is 0 Å². The van der Waals surface area contributed by atoms with Crippen LogP contribution in [0.1, 0.15) is 84.9 Å². The van der Waals surface area contributed by atoms with Gasteiger partial charge in [-0.1, -0.05) is 48.0 Å². The molecular formula is C29H51N3O3Si. The van der Waals surface area contributed by atoms with Crippen molar-refractivity contribution in [3.05, 3.63) is 17.5 Å². The normalized spacial score (nSPS) is 36.8. The predicted molar refractivity (Wildman–Crippen MR) is 148 cm³/mol. The van der Waals surface area contributed by atoms with Gasteiger partial charge in [0.05, 0.1) is 6.20 Å². The van der Waals surface area contributed by atoms with Crippen molar-refractivity contribution < 1.29 is 14.3 Å². The van der Waals surface area contributed by atoms with E-state index in [0.29, 0.717) is 35.6 Å². The number of fused-ring (bicyclic) bond motifs is 2. The van der Waals surface area contributed by atoms with Gasteiger partial charge < -0.3 is 14.8 Å². The minimum atomic E-state index is -1.89. The maximum atomic E-state index is 11.7. The topological polar surface area (TPSA) is 87.2 Å². The number of nitrogens with one attached hydrogen (secondary N) is 2. The maximum absolute atomic E-state index is 11.7. The zero-order valence-corrected chi connectivity index (χ0v) is 25.0. The van der Waals surface area contributed by atoms with E-state index in [2.05, 4.69) is 70.2 Å². The molecule has 1 amide bonds. The van der Waals surface area contributed by atoms with E-state index in [4.69, 9.17) is 4.43 Å². The summed E-state index contributed by atoms with van der Waals surface area (Å²) in [5.74, 6) is 2.56. The number of aromatic nitrogens is 2. The highest BCUT2D eigenvalue weighted by atomic mass is 28.4. The van der Waals surface area contributed by atoms with E-state index in [1.807, 2.05) is 6.20 Å². The number of carbonyl (C=O) groups is 1. The Hall–Kier alpha value is -1.34. The summed E-state index contributed by atoms with van der Waals surface area (Å²) in [6, 6.07) is 0. The van der Waals surface area contributed by atoms with Crippen LogP contribution in [0.25, 0.3) is 0 Å². The first-order chi connectivity index (χ1) is 16.7. The Morgan fingerprint density at radius 2 is 1.89 bits per heavy atom. The maximum Gasteiger partial charge on any atom is 0.404 e. The second-order valence-electron chi connectivity index (χ2n) is 14.3. The molecule has 36 heavy (non-hydrogen) atoms. The fraction of sp³-hybridized carbons (Fsp3) is 0.862. The molecule has 0 saturated heterocycles. The lowest BCUT2D eigenvalue weighted by atomic mass is 9.49. The number of carboxylic acid groups (broad SMARTS) is 1. The summed E-state index contributed by atoms with van der Waals surface area (Å²) in [7, 11) is -1.89. The Morgan fingerprint density at radius 1 is 1.19 bits per heavy atom. The second kappa shape index (κ2) is 9.76. The van der Waals surface area contributed by atoms with Gasteiger partial charge in [0.25, 0.3) is 0 Å². The summed E-state index contributed by atoms with van der Waals surface area (Å²) >= 11 is 0. The van der Waals surface area contributed by atoms with Crippen molar-refractivity contribution in [2.24, 2.45) is 40.4 Å². The molecule has 3 N–H and O–H groups in total. The molecule has 0 unspecified atom stereocenters. The number of nitrogens with zero attached hydrogens (tertiary/aromatic N) is 1. The fourth-order valence-electron chi connectivity index (χ4n) is 8.29. The molecule has 3 aliphatic rings. The monoisotopic (exact) mass is 517 g/mol. The molecule has 6 nitrogen and oxygen atoms in total. The number of aromatic amines is 1. The van der Waals surface area contributed by atoms with Gasteiger partial charge in [-0.2, -0.15) is 5.10 Å². The molecular weight excluding hydrogens is 466 g/mol. The molecule has 2 saturated carbocycles. The van der Waals surface area contributed by atoms with Crippen LogP contribution in [0.15, 0.2) is 6.20 Å². The smallest absolute Gasteiger partial charge is 0.404 e. The molecule has 0 radical (unpaired) electrons. The van der Waals surface area contributed by atoms with Gasteiger partial charge in [-0.25, -0.2) is 4.79 Å². The highest BCUT2D eigenvalue weighted by molar-refractivity contribution is 6.74. The van der Waals surface area contributed by atoms with E-state index in [1.165, 1.54) is 43.4 Å². The Balaban J connectivity index is 1.68. The first kappa shape index (κ1) is 27.7. The fourth-order valence-corrected chi connectivity index (χ4v) is 9.34. The molecule has 1 aromatic heterocycles. The van der Waals surface area contributed by atoms with Gasteiger partial charge in [-0.05, 0) is 103 Å². The van der Waals surface area contributed by atoms with Crippen LogP contribution in [-0.2, 0) is 17.3 Å². The molecule has 7 atom stereocenters. The zero-order valence-electron chi connectivity index (χ0n) is 24.0. The van der Waals surface area contributed by atoms with E-state index in [1.54, 1.807) is 0 Å². The third-order valence-corrected chi connectivity index (χ3v) is 16.2. The van der Waals surface area contributed by atoms with E-state index in [9.17, 15) is 9.90 Å². The summed E-state index contributed by atoms with van der Waals surface area (Å²) in [4.78, 5) is 11.7. The summed E-state index contributed by atoms with van der Waals surface area (Å²) in [5, 5.41) is 20.3. The highest BCUT2D eigenvalue weighted by Crippen LogP contribution is 2.64. The van der Waals surface area contributed by atoms with Gasteiger partial charge in [0.2, 0.25) is 0 Å². The third-order valence-electron chi connectivity index (χ3n) is 11.7. The molecule has 2 fully saturated rings. The van der Waals surface area contributed by atoms with Crippen LogP contribution >= 0.6 is 0 Å². The van der Waals surface area contributed by atoms with Gasteiger partial charge in [0.15, 0.2) is 8.32 Å². The van der Waals surface area contributed by atoms with Crippen LogP contribution < -0.4 is 5.32 Å². The number of H-pyrrole nitrogens is 1. The molecule has 0 spiro atoms. The van der Waals surface area contributed by atoms with E-state index < -0.39 is 14.4 Å². The molecule has 0 bridgehead atoms. The van der Waals surface area contributed by atoms with Crippen LogP contribution in [0.2, 0.25) is 18.1 Å². The Kier molecular flexibility index (Phi) is 7.50. The number of amides is 1. The van der Waals surface area contributed by atoms with Crippen LogP contribution in [0.4, 0.5) is 4.79 Å². The molecule has 4 rings (SSSR count). The molecule has 0 aromatic carbocycles. The van der Waals surface area contributed by atoms with Crippen molar-refractivity contribution in [1.82, 2.24) is 15.5 Å². The largest absolute Gasteiger partial charge is 0.465 e. The lowest BCUT2D eigenvalue weighted by molar-refractivity contribution is -0.0717. The van der Waals surface area contributed by atoms with Crippen LogP contribution in [0.3, 0.4) is 0 Å². The number of hydrogen-bond donors (Lipinski definition) is 3. The standard InChI is InChI=1S/C29H51N3O3Si/c1-9-20-10-11-23-22(17-30-26(33)34)24(12-13-28(20,23)5)29(6)15-19-16-31-32-25(19)14-21(29)18-35-36(7,8)27(2,3)4/h16,20-24,30H,9-15,17-18H2,1-8H3,(H,31,32)(H,33,34)/t20-,21+,22-,23-,24-,28+,29-/m0/s1. The lowest BCUT2D eigenvalue weighted by Gasteiger charge is -2.57. The number of hydrogen-bond acceptors (Lipinski definition) is 3. The molecule has 1 aromatic rings. The van der Waals surface area contributed by atoms with Crippen LogP contribution in [-0.4, -0.2) is 42.9 Å². The number of rotatable bonds is 7. The molecule has 7 heteroatoms. The van der Waals surface area contributed by atoms with Gasteiger partial charge in [0.1, 0.15) is 0 Å². The molecule has 204 valence electrons. The van der Waals surface area contributed by atoms with Crippen molar-refractivity contribution >= 4 is 14.4 Å². The molecule has 0 aliphatic heterocycles. The van der Waals surface area contributed by atoms with Crippen molar-refractivity contribution in [3.8, 4) is 0 Å². The van der Waals surface area contributed by atoms with Gasteiger partial charge >= 0.3 is 6.09 Å². The first-order valence-electron chi connectivity index (χ1n) is 14.3. The van der Waals surface area contributed by atoms with E-state index in [0.717, 1.165) is 25.4 Å². The Labute approximate surface area is 219 Å². The average Bonchev–Trinajstić information content (AvgIpc) is 3.37. The van der Waals surface area contributed by atoms with Crippen molar-refractivity contribution in [3.63, 3.8) is 0 Å². The van der Waals surface area contributed by atoms with Crippen LogP contribution in [0.5, 0.6) is 0 Å². The summed E-state index contributed by atoms with van der Waals surface area (Å²) < 4.78 is 6.88. The zero-order chi connectivity index (χ0) is 26.5. The van der Waals surface area contributed by atoms with Crippen molar-refractivity contribution in [2.45, 2.75) is 105 Å². The lowest BCUT2D eigenvalue weighted by Crippen LogP contribution is -2.55. The average molecular weight is 518 g/mol. The molecule has 3 aliphatic carbocycles. The Morgan fingerprint density at radius 3 is 2.53 bits per heavy atom. The predicted octanol–water partition coefficient (Wildman–Crippen LogP) is 6.89. The van der Waals surface area contributed by atoms with E-state index >= 15 is 0 Å². The quantitative estimate of drug-likeness (QED) is 0.344. The van der Waals surface area contributed by atoms with Gasteiger partial charge in [-0.3, -0.25) is 5.10 Å². The first-order valence-corrected chi connectivity index (χ1v) is 17.3.